The summed E-state index contributed by atoms with van der Waals surface area (Å²) in [6, 6.07) is 0. The molecule has 0 spiro atoms. The van der Waals surface area contributed by atoms with Gasteiger partial charge in [-0.15, -0.1) is 0 Å². The third kappa shape index (κ3) is 3.06. The van der Waals surface area contributed by atoms with Crippen LogP contribution in [0.3, 0.4) is 0 Å². The number of aliphatic carboxylic acids is 1. The Morgan fingerprint density at radius 2 is 1.89 bits per heavy atom. The van der Waals surface area contributed by atoms with Crippen LogP contribution in [0.2, 0.25) is 0 Å². The fourth-order valence-corrected chi connectivity index (χ4v) is 8.20. The van der Waals surface area contributed by atoms with E-state index in [1.54, 1.807) is 0 Å². The fourth-order valence-electron chi connectivity index (χ4n) is 8.20. The average Bonchev–Trinajstić information content (AvgIpc) is 2.98. The molecule has 3 saturated carbocycles. The molecule has 0 saturated heterocycles. The highest BCUT2D eigenvalue weighted by atomic mass is 16.4. The fraction of sp³-hybridized carbons (Fsp3) is 0.875. The first kappa shape index (κ1) is 20.4. The Balaban J connectivity index is 1.58. The van der Waals surface area contributed by atoms with Gasteiger partial charge >= 0.3 is 5.97 Å². The highest BCUT2D eigenvalue weighted by Gasteiger charge is 2.61. The van der Waals surface area contributed by atoms with Gasteiger partial charge in [0.1, 0.15) is 0 Å². The van der Waals surface area contributed by atoms with Crippen molar-refractivity contribution >= 4 is 5.97 Å². The Morgan fingerprint density at radius 3 is 2.61 bits per heavy atom. The molecule has 0 aliphatic heterocycles. The number of aliphatic hydroxyl groups excluding tert-OH is 2. The van der Waals surface area contributed by atoms with E-state index in [-0.39, 0.29) is 29.5 Å². The smallest absolute Gasteiger partial charge is 0.303 e. The van der Waals surface area contributed by atoms with Crippen LogP contribution in [0.15, 0.2) is 11.6 Å². The molecule has 0 unspecified atom stereocenters. The van der Waals surface area contributed by atoms with Gasteiger partial charge in [0.05, 0.1) is 12.2 Å². The number of carbonyl (C=O) groups is 1. The minimum Gasteiger partial charge on any atom is -0.481 e. The van der Waals surface area contributed by atoms with Gasteiger partial charge in [0.15, 0.2) is 0 Å². The molecule has 0 amide bonds. The number of hydrogen-bond acceptors (Lipinski definition) is 3. The number of rotatable bonds is 4. The van der Waals surface area contributed by atoms with Gasteiger partial charge in [-0.05, 0) is 91.8 Å². The molecular formula is C24H38O4. The van der Waals surface area contributed by atoms with Crippen LogP contribution < -0.4 is 0 Å². The molecule has 158 valence electrons. The van der Waals surface area contributed by atoms with Crippen LogP contribution in [0.4, 0.5) is 0 Å². The third-order valence-electron chi connectivity index (χ3n) is 9.68. The standard InChI is InChI=1S/C24H38O4/c1-14(4-7-21(27)28)17-5-6-18-22-19(9-11-24(17,18)3)23(2)10-8-16(25)12-15(23)13-20(22)26/h12,14,16-20,22,25-26H,4-11,13H2,1-3H3,(H,27,28)/t14-,16+,17-,18-,19-,20-,22+,23+,24-/m1/s1. The van der Waals surface area contributed by atoms with Crippen LogP contribution in [0.5, 0.6) is 0 Å². The number of fused-ring (bicyclic) bond motifs is 5. The minimum absolute atomic E-state index is 0.136. The molecule has 0 radical (unpaired) electrons. The molecule has 0 aromatic rings. The lowest BCUT2D eigenvalue weighted by Crippen LogP contribution is -2.55. The van der Waals surface area contributed by atoms with E-state index in [4.69, 9.17) is 5.11 Å². The molecule has 28 heavy (non-hydrogen) atoms. The summed E-state index contributed by atoms with van der Waals surface area (Å²) in [5.74, 6) is 1.73. The van der Waals surface area contributed by atoms with E-state index >= 15 is 0 Å². The summed E-state index contributed by atoms with van der Waals surface area (Å²) in [5, 5.41) is 30.4. The molecule has 4 nitrogen and oxygen atoms in total. The SMILES string of the molecule is C[C@H](CCC(=O)O)[C@H]1CC[C@@H]2[C@@H]3[C@H](O)CC4=C[C@@H](O)CC[C@]4(C)[C@@H]3CC[C@@]21C. The van der Waals surface area contributed by atoms with E-state index in [2.05, 4.69) is 20.8 Å². The normalized spacial score (nSPS) is 48.8. The summed E-state index contributed by atoms with van der Waals surface area (Å²) in [5.41, 5.74) is 1.66. The van der Waals surface area contributed by atoms with Crippen molar-refractivity contribution in [3.05, 3.63) is 11.6 Å². The zero-order chi connectivity index (χ0) is 20.3. The number of hydrogen-bond donors (Lipinski definition) is 3. The highest BCUT2D eigenvalue weighted by molar-refractivity contribution is 5.66. The Kier molecular flexibility index (Phi) is 5.19. The molecule has 4 aliphatic carbocycles. The molecule has 4 rings (SSSR count). The van der Waals surface area contributed by atoms with Gasteiger partial charge in [-0.3, -0.25) is 4.79 Å². The van der Waals surface area contributed by atoms with E-state index in [9.17, 15) is 15.0 Å². The van der Waals surface area contributed by atoms with E-state index < -0.39 is 5.97 Å². The number of carboxylic acids is 1. The first-order valence-corrected chi connectivity index (χ1v) is 11.5. The maximum Gasteiger partial charge on any atom is 0.303 e. The summed E-state index contributed by atoms with van der Waals surface area (Å²) in [7, 11) is 0. The van der Waals surface area contributed by atoms with Gasteiger partial charge in [0.2, 0.25) is 0 Å². The average molecular weight is 391 g/mol. The van der Waals surface area contributed by atoms with Crippen LogP contribution in [-0.2, 0) is 4.79 Å². The first-order valence-electron chi connectivity index (χ1n) is 11.5. The number of aliphatic hydroxyl groups is 2. The summed E-state index contributed by atoms with van der Waals surface area (Å²) < 4.78 is 0. The minimum atomic E-state index is -0.690. The Labute approximate surface area is 169 Å². The summed E-state index contributed by atoms with van der Waals surface area (Å²) >= 11 is 0. The molecule has 0 heterocycles. The van der Waals surface area contributed by atoms with E-state index in [1.807, 2.05) is 6.08 Å². The van der Waals surface area contributed by atoms with Crippen LogP contribution in [0.25, 0.3) is 0 Å². The lowest BCUT2D eigenvalue weighted by Gasteiger charge is -2.60. The molecule has 0 aromatic heterocycles. The predicted octanol–water partition coefficient (Wildman–Crippen LogP) is 4.40. The van der Waals surface area contributed by atoms with Crippen LogP contribution >= 0.6 is 0 Å². The monoisotopic (exact) mass is 390 g/mol. The summed E-state index contributed by atoms with van der Waals surface area (Å²) in [4.78, 5) is 11.0. The van der Waals surface area contributed by atoms with Gasteiger partial charge in [0.25, 0.3) is 0 Å². The third-order valence-corrected chi connectivity index (χ3v) is 9.68. The van der Waals surface area contributed by atoms with Gasteiger partial charge in [-0.2, -0.15) is 0 Å². The molecule has 3 fully saturated rings. The lowest BCUT2D eigenvalue weighted by molar-refractivity contribution is -0.137. The van der Waals surface area contributed by atoms with E-state index in [1.165, 1.54) is 24.8 Å². The largest absolute Gasteiger partial charge is 0.481 e. The van der Waals surface area contributed by atoms with Crippen molar-refractivity contribution in [2.45, 2.75) is 90.8 Å². The van der Waals surface area contributed by atoms with E-state index in [0.717, 1.165) is 32.1 Å². The van der Waals surface area contributed by atoms with Gasteiger partial charge in [-0.25, -0.2) is 0 Å². The Morgan fingerprint density at radius 1 is 1.14 bits per heavy atom. The van der Waals surface area contributed by atoms with Crippen molar-refractivity contribution in [3.8, 4) is 0 Å². The quantitative estimate of drug-likeness (QED) is 0.622. The van der Waals surface area contributed by atoms with Gasteiger partial charge < -0.3 is 15.3 Å². The second-order valence-electron chi connectivity index (χ2n) is 10.9. The first-order chi connectivity index (χ1) is 13.2. The number of carboxylic acid groups (broad SMARTS) is 1. The molecule has 9 atom stereocenters. The molecular weight excluding hydrogens is 352 g/mol. The molecule has 0 aromatic carbocycles. The molecule has 0 bridgehead atoms. The van der Waals surface area contributed by atoms with Crippen LogP contribution in [0.1, 0.15) is 78.6 Å². The van der Waals surface area contributed by atoms with E-state index in [0.29, 0.717) is 29.6 Å². The van der Waals surface area contributed by atoms with Crippen molar-refractivity contribution in [1.82, 2.24) is 0 Å². The van der Waals surface area contributed by atoms with Gasteiger partial charge in [-0.1, -0.05) is 32.4 Å². The van der Waals surface area contributed by atoms with Gasteiger partial charge in [0, 0.05) is 6.42 Å². The van der Waals surface area contributed by atoms with Crippen molar-refractivity contribution in [2.75, 3.05) is 0 Å². The maximum atomic E-state index is 11.2. The van der Waals surface area contributed by atoms with Crippen molar-refractivity contribution in [3.63, 3.8) is 0 Å². The summed E-state index contributed by atoms with van der Waals surface area (Å²) in [6.45, 7) is 7.07. The molecule has 4 heteroatoms. The second kappa shape index (κ2) is 7.12. The summed E-state index contributed by atoms with van der Waals surface area (Å²) in [6.07, 6.45) is 9.74. The molecule has 4 aliphatic rings. The van der Waals surface area contributed by atoms with Crippen LogP contribution in [0, 0.1) is 40.4 Å². The Hall–Kier alpha value is -0.870. The zero-order valence-corrected chi connectivity index (χ0v) is 17.7. The predicted molar refractivity (Wildman–Crippen MR) is 109 cm³/mol. The zero-order valence-electron chi connectivity index (χ0n) is 17.7. The van der Waals surface area contributed by atoms with Crippen molar-refractivity contribution in [2.24, 2.45) is 40.4 Å². The topological polar surface area (TPSA) is 77.8 Å². The Bertz CT molecular complexity index is 657. The second-order valence-corrected chi connectivity index (χ2v) is 10.9. The van der Waals surface area contributed by atoms with Crippen molar-refractivity contribution < 1.29 is 20.1 Å². The van der Waals surface area contributed by atoms with Crippen molar-refractivity contribution in [1.29, 1.82) is 0 Å². The van der Waals surface area contributed by atoms with Crippen LogP contribution in [-0.4, -0.2) is 33.5 Å². The molecule has 3 N–H and O–H groups in total. The lowest BCUT2D eigenvalue weighted by atomic mass is 9.45. The maximum absolute atomic E-state index is 11.2. The highest BCUT2D eigenvalue weighted by Crippen LogP contribution is 2.67.